The second-order valence-corrected chi connectivity index (χ2v) is 6.62. The molecule has 0 atom stereocenters. The van der Waals surface area contributed by atoms with Gasteiger partial charge in [-0.15, -0.1) is 0 Å². The highest BCUT2D eigenvalue weighted by Crippen LogP contribution is 2.21. The molecule has 0 unspecified atom stereocenters. The molecule has 3 rings (SSSR count). The van der Waals surface area contributed by atoms with Crippen molar-refractivity contribution in [1.82, 2.24) is 14.7 Å². The van der Waals surface area contributed by atoms with Gasteiger partial charge in [0, 0.05) is 32.1 Å². The number of primary amides is 1. The lowest BCUT2D eigenvalue weighted by Gasteiger charge is -2.31. The Balaban J connectivity index is 1.47. The van der Waals surface area contributed by atoms with Crippen LogP contribution in [0.4, 0.5) is 0 Å². The lowest BCUT2D eigenvalue weighted by Crippen LogP contribution is -2.39. The number of nitrogens with two attached hydrogens (primary N) is 1. The molecular formula is C19H24N4O2. The van der Waals surface area contributed by atoms with Gasteiger partial charge < -0.3 is 10.6 Å². The van der Waals surface area contributed by atoms with Gasteiger partial charge in [-0.2, -0.15) is 5.10 Å². The number of aryl methyl sites for hydroxylation is 1. The molecule has 6 nitrogen and oxygen atoms in total. The second-order valence-electron chi connectivity index (χ2n) is 6.62. The van der Waals surface area contributed by atoms with E-state index in [1.54, 1.807) is 0 Å². The zero-order valence-electron chi connectivity index (χ0n) is 14.3. The first kappa shape index (κ1) is 17.2. The van der Waals surface area contributed by atoms with Crippen molar-refractivity contribution in [3.63, 3.8) is 0 Å². The zero-order chi connectivity index (χ0) is 17.6. The molecule has 2 amide bonds. The first-order valence-corrected chi connectivity index (χ1v) is 8.77. The number of hydrogen-bond acceptors (Lipinski definition) is 3. The highest BCUT2D eigenvalue weighted by Gasteiger charge is 2.23. The molecule has 1 aliphatic heterocycles. The van der Waals surface area contributed by atoms with Gasteiger partial charge in [0.25, 0.3) is 0 Å². The number of rotatable bonds is 6. The van der Waals surface area contributed by atoms with Gasteiger partial charge >= 0.3 is 0 Å². The first-order valence-electron chi connectivity index (χ1n) is 8.77. The van der Waals surface area contributed by atoms with Crippen LogP contribution in [0.5, 0.6) is 0 Å². The van der Waals surface area contributed by atoms with Crippen LogP contribution in [0, 0.1) is 5.92 Å². The topological polar surface area (TPSA) is 81.2 Å². The van der Waals surface area contributed by atoms with Crippen molar-refractivity contribution in [2.24, 2.45) is 11.7 Å². The number of nitrogens with zero attached hydrogens (tertiary/aromatic N) is 3. The summed E-state index contributed by atoms with van der Waals surface area (Å²) in [6.45, 7) is 1.44. The quantitative estimate of drug-likeness (QED) is 0.872. The maximum atomic E-state index is 12.4. The number of para-hydroxylation sites is 1. The van der Waals surface area contributed by atoms with E-state index >= 15 is 0 Å². The Labute approximate surface area is 147 Å². The summed E-state index contributed by atoms with van der Waals surface area (Å²) in [4.78, 5) is 25.3. The van der Waals surface area contributed by atoms with E-state index in [1.165, 1.54) is 0 Å². The first-order chi connectivity index (χ1) is 12.1. The van der Waals surface area contributed by atoms with Crippen LogP contribution in [-0.4, -0.2) is 39.6 Å². The van der Waals surface area contributed by atoms with Crippen LogP contribution in [0.1, 0.15) is 31.2 Å². The van der Waals surface area contributed by atoms with Gasteiger partial charge in [0.15, 0.2) is 0 Å². The molecule has 6 heteroatoms. The van der Waals surface area contributed by atoms with Crippen LogP contribution in [0.3, 0.4) is 0 Å². The standard InChI is InChI=1S/C19H24N4O2/c20-18(24)12-15-8-10-22(11-9-15)19(25)7-6-16-13-21-23(14-16)17-4-2-1-3-5-17/h1-5,13-15H,6-12H2,(H2,20,24). The Kier molecular flexibility index (Phi) is 5.48. The fourth-order valence-electron chi connectivity index (χ4n) is 3.29. The molecule has 2 heterocycles. The van der Waals surface area contributed by atoms with E-state index in [1.807, 2.05) is 52.3 Å². The van der Waals surface area contributed by atoms with E-state index in [0.29, 0.717) is 25.2 Å². The maximum absolute atomic E-state index is 12.4. The Bertz CT molecular complexity index is 718. The summed E-state index contributed by atoms with van der Waals surface area (Å²) in [6.07, 6.45) is 7.12. The lowest BCUT2D eigenvalue weighted by atomic mass is 9.93. The van der Waals surface area contributed by atoms with Crippen LogP contribution >= 0.6 is 0 Å². The van der Waals surface area contributed by atoms with Crippen molar-refractivity contribution >= 4 is 11.8 Å². The van der Waals surface area contributed by atoms with E-state index < -0.39 is 0 Å². The third-order valence-corrected chi connectivity index (χ3v) is 4.74. The number of amides is 2. The van der Waals surface area contributed by atoms with Crippen molar-refractivity contribution in [2.45, 2.75) is 32.1 Å². The molecule has 1 aliphatic rings. The molecule has 25 heavy (non-hydrogen) atoms. The van der Waals surface area contributed by atoms with Gasteiger partial charge in [-0.1, -0.05) is 18.2 Å². The van der Waals surface area contributed by atoms with Crippen molar-refractivity contribution in [1.29, 1.82) is 0 Å². The van der Waals surface area contributed by atoms with Crippen molar-refractivity contribution in [3.05, 3.63) is 48.3 Å². The number of likely N-dealkylation sites (tertiary alicyclic amines) is 1. The number of piperidine rings is 1. The van der Waals surface area contributed by atoms with E-state index in [2.05, 4.69) is 5.10 Å². The summed E-state index contributed by atoms with van der Waals surface area (Å²) in [7, 11) is 0. The van der Waals surface area contributed by atoms with Gasteiger partial charge in [-0.05, 0) is 42.9 Å². The average Bonchev–Trinajstić information content (AvgIpc) is 3.10. The van der Waals surface area contributed by atoms with Crippen LogP contribution in [0.15, 0.2) is 42.7 Å². The van der Waals surface area contributed by atoms with Gasteiger partial charge in [0.1, 0.15) is 0 Å². The third-order valence-electron chi connectivity index (χ3n) is 4.74. The van der Waals surface area contributed by atoms with Crippen LogP contribution in [-0.2, 0) is 16.0 Å². The molecule has 0 aliphatic carbocycles. The molecule has 1 aromatic heterocycles. The number of hydrogen-bond donors (Lipinski definition) is 1. The number of carbonyl (C=O) groups is 2. The Morgan fingerprint density at radius 3 is 2.56 bits per heavy atom. The summed E-state index contributed by atoms with van der Waals surface area (Å²) in [5, 5.41) is 4.36. The normalized spacial score (nSPS) is 15.3. The highest BCUT2D eigenvalue weighted by molar-refractivity contribution is 5.76. The number of aromatic nitrogens is 2. The van der Waals surface area contributed by atoms with Gasteiger partial charge in [-0.3, -0.25) is 9.59 Å². The Morgan fingerprint density at radius 2 is 1.88 bits per heavy atom. The SMILES string of the molecule is NC(=O)CC1CCN(C(=O)CCc2cnn(-c3ccccc3)c2)CC1. The molecule has 1 saturated heterocycles. The van der Waals surface area contributed by atoms with Crippen molar-refractivity contribution < 1.29 is 9.59 Å². The van der Waals surface area contributed by atoms with Crippen molar-refractivity contribution in [3.8, 4) is 5.69 Å². The summed E-state index contributed by atoms with van der Waals surface area (Å²) in [6, 6.07) is 9.92. The van der Waals surface area contributed by atoms with E-state index in [-0.39, 0.29) is 11.8 Å². The van der Waals surface area contributed by atoms with Gasteiger partial charge in [-0.25, -0.2) is 4.68 Å². The summed E-state index contributed by atoms with van der Waals surface area (Å²) < 4.78 is 1.83. The maximum Gasteiger partial charge on any atom is 0.222 e. The Hall–Kier alpha value is -2.63. The molecular weight excluding hydrogens is 316 g/mol. The predicted octanol–water partition coefficient (Wildman–Crippen LogP) is 1.92. The lowest BCUT2D eigenvalue weighted by molar-refractivity contribution is -0.132. The molecule has 132 valence electrons. The van der Waals surface area contributed by atoms with E-state index in [4.69, 9.17) is 5.73 Å². The second kappa shape index (κ2) is 7.96. The van der Waals surface area contributed by atoms with Gasteiger partial charge in [0.05, 0.1) is 11.9 Å². The van der Waals surface area contributed by atoms with E-state index in [9.17, 15) is 9.59 Å². The molecule has 2 aromatic rings. The largest absolute Gasteiger partial charge is 0.370 e. The fraction of sp³-hybridized carbons (Fsp3) is 0.421. The van der Waals surface area contributed by atoms with Crippen LogP contribution in [0.2, 0.25) is 0 Å². The monoisotopic (exact) mass is 340 g/mol. The molecule has 1 aromatic carbocycles. The summed E-state index contributed by atoms with van der Waals surface area (Å²) in [5.74, 6) is 0.246. The summed E-state index contributed by atoms with van der Waals surface area (Å²) >= 11 is 0. The number of benzene rings is 1. The molecule has 0 radical (unpaired) electrons. The number of carbonyl (C=O) groups excluding carboxylic acids is 2. The molecule has 0 saturated carbocycles. The zero-order valence-corrected chi connectivity index (χ0v) is 14.3. The average molecular weight is 340 g/mol. The predicted molar refractivity (Wildman–Crippen MR) is 95.0 cm³/mol. The minimum atomic E-state index is -0.250. The Morgan fingerprint density at radius 1 is 1.16 bits per heavy atom. The highest BCUT2D eigenvalue weighted by atomic mass is 16.2. The molecule has 0 spiro atoms. The molecule has 1 fully saturated rings. The van der Waals surface area contributed by atoms with Gasteiger partial charge in [0.2, 0.25) is 11.8 Å². The third kappa shape index (κ3) is 4.68. The minimum Gasteiger partial charge on any atom is -0.370 e. The fourth-order valence-corrected chi connectivity index (χ4v) is 3.29. The van der Waals surface area contributed by atoms with E-state index in [0.717, 1.165) is 37.2 Å². The van der Waals surface area contributed by atoms with Crippen LogP contribution in [0.25, 0.3) is 5.69 Å². The van der Waals surface area contributed by atoms with Crippen LogP contribution < -0.4 is 5.73 Å². The minimum absolute atomic E-state index is 0.171. The molecule has 2 N–H and O–H groups in total. The summed E-state index contributed by atoms with van der Waals surface area (Å²) in [5.41, 5.74) is 7.31. The smallest absolute Gasteiger partial charge is 0.222 e. The van der Waals surface area contributed by atoms with Crippen molar-refractivity contribution in [2.75, 3.05) is 13.1 Å². The molecule has 0 bridgehead atoms.